The summed E-state index contributed by atoms with van der Waals surface area (Å²) >= 11 is 2.83. The zero-order chi connectivity index (χ0) is 17.8. The molecule has 3 aromatic rings. The second kappa shape index (κ2) is 7.80. The number of thiophene rings is 1. The quantitative estimate of drug-likeness (QED) is 0.271. The summed E-state index contributed by atoms with van der Waals surface area (Å²) in [6.07, 6.45) is 2.59. The van der Waals surface area contributed by atoms with Crippen LogP contribution in [0, 0.1) is 0 Å². The lowest BCUT2D eigenvalue weighted by Gasteiger charge is -2.10. The van der Waals surface area contributed by atoms with Crippen molar-refractivity contribution in [2.24, 2.45) is 0 Å². The molecule has 3 rings (SSSR count). The van der Waals surface area contributed by atoms with Crippen LogP contribution in [0.4, 0.5) is 0 Å². The van der Waals surface area contributed by atoms with Crippen molar-refractivity contribution in [3.05, 3.63) is 69.2 Å². The summed E-state index contributed by atoms with van der Waals surface area (Å²) in [6, 6.07) is 11.1. The van der Waals surface area contributed by atoms with Gasteiger partial charge in [0.2, 0.25) is 0 Å². The lowest BCUT2D eigenvalue weighted by atomic mass is 10.2. The fourth-order valence-electron chi connectivity index (χ4n) is 2.47. The van der Waals surface area contributed by atoms with Crippen LogP contribution in [0.3, 0.4) is 0 Å². The average Bonchev–Trinajstić information content (AvgIpc) is 3.12. The van der Waals surface area contributed by atoms with Gasteiger partial charge in [-0.15, -0.1) is 17.9 Å². The highest BCUT2D eigenvalue weighted by atomic mass is 32.2. The molecule has 128 valence electrons. The number of allylic oxidation sites excluding steroid dienone is 1. The van der Waals surface area contributed by atoms with E-state index in [1.165, 1.54) is 28.0 Å². The van der Waals surface area contributed by atoms with Crippen LogP contribution >= 0.6 is 23.1 Å². The Labute approximate surface area is 154 Å². The molecule has 0 saturated carbocycles. The van der Waals surface area contributed by atoms with E-state index in [1.54, 1.807) is 16.7 Å². The Morgan fingerprint density at radius 2 is 2.12 bits per heavy atom. The molecule has 0 aliphatic carbocycles. The van der Waals surface area contributed by atoms with Crippen LogP contribution in [0.2, 0.25) is 0 Å². The predicted molar refractivity (Wildman–Crippen MR) is 105 cm³/mol. The maximum Gasteiger partial charge on any atom is 0.262 e. The van der Waals surface area contributed by atoms with Gasteiger partial charge in [0.15, 0.2) is 10.9 Å². The van der Waals surface area contributed by atoms with Gasteiger partial charge < -0.3 is 0 Å². The zero-order valence-electron chi connectivity index (χ0n) is 13.9. The molecule has 0 amide bonds. The van der Waals surface area contributed by atoms with Gasteiger partial charge in [-0.3, -0.25) is 14.2 Å². The van der Waals surface area contributed by atoms with Crippen LogP contribution in [-0.2, 0) is 13.0 Å². The maximum atomic E-state index is 12.7. The molecule has 0 aliphatic rings. The standard InChI is InChI=1S/C19H18N2O2S2/c1-3-11-21-18(23)14-7-5-6-8-15(14)20-19(21)24-12-16(22)17-10-9-13(4-2)25-17/h3,5-10H,1,4,11-12H2,2H3. The molecule has 0 N–H and O–H groups in total. The third kappa shape index (κ3) is 3.75. The van der Waals surface area contributed by atoms with Gasteiger partial charge >= 0.3 is 0 Å². The van der Waals surface area contributed by atoms with E-state index in [2.05, 4.69) is 18.5 Å². The van der Waals surface area contributed by atoms with Crippen LogP contribution < -0.4 is 5.56 Å². The molecular formula is C19H18N2O2S2. The molecule has 0 unspecified atom stereocenters. The van der Waals surface area contributed by atoms with Crippen LogP contribution in [0.25, 0.3) is 10.9 Å². The van der Waals surface area contributed by atoms with Gasteiger partial charge in [-0.2, -0.15) is 0 Å². The first-order chi connectivity index (χ1) is 12.1. The van der Waals surface area contributed by atoms with Crippen molar-refractivity contribution in [2.45, 2.75) is 25.0 Å². The maximum absolute atomic E-state index is 12.7. The third-order valence-corrected chi connectivity index (χ3v) is 6.00. The second-order valence-corrected chi connectivity index (χ2v) is 7.56. The summed E-state index contributed by atoms with van der Waals surface area (Å²) in [5.41, 5.74) is 0.539. The minimum absolute atomic E-state index is 0.0576. The Bertz CT molecular complexity index is 988. The molecule has 0 bridgehead atoms. The average molecular weight is 370 g/mol. The third-order valence-electron chi connectivity index (χ3n) is 3.76. The van der Waals surface area contributed by atoms with E-state index in [9.17, 15) is 9.59 Å². The van der Waals surface area contributed by atoms with E-state index >= 15 is 0 Å². The molecule has 0 saturated heterocycles. The number of carbonyl (C=O) groups is 1. The van der Waals surface area contributed by atoms with E-state index in [0.717, 1.165) is 11.3 Å². The first kappa shape index (κ1) is 17.6. The predicted octanol–water partition coefficient (Wildman–Crippen LogP) is 4.18. The number of thioether (sulfide) groups is 1. The smallest absolute Gasteiger partial charge is 0.262 e. The summed E-state index contributed by atoms with van der Waals surface area (Å²) in [6.45, 7) is 6.15. The van der Waals surface area contributed by atoms with E-state index in [4.69, 9.17) is 0 Å². The number of nitrogens with zero attached hydrogens (tertiary/aromatic N) is 2. The van der Waals surface area contributed by atoms with Gasteiger partial charge in [-0.1, -0.05) is 36.9 Å². The van der Waals surface area contributed by atoms with Crippen LogP contribution in [-0.4, -0.2) is 21.1 Å². The minimum Gasteiger partial charge on any atom is -0.292 e. The van der Waals surface area contributed by atoms with E-state index in [1.807, 2.05) is 30.3 Å². The number of rotatable bonds is 7. The van der Waals surface area contributed by atoms with Crippen LogP contribution in [0.15, 0.2) is 59.0 Å². The van der Waals surface area contributed by atoms with E-state index in [-0.39, 0.29) is 17.1 Å². The largest absolute Gasteiger partial charge is 0.292 e. The Kier molecular flexibility index (Phi) is 5.50. The van der Waals surface area contributed by atoms with Crippen molar-refractivity contribution in [1.29, 1.82) is 0 Å². The summed E-state index contributed by atoms with van der Waals surface area (Å²) in [5.74, 6) is 0.313. The van der Waals surface area contributed by atoms with Gasteiger partial charge in [0.05, 0.1) is 21.5 Å². The SMILES string of the molecule is C=CCn1c(SCC(=O)c2ccc(CC)s2)nc2ccccc2c1=O. The van der Waals surface area contributed by atoms with E-state index in [0.29, 0.717) is 22.6 Å². The van der Waals surface area contributed by atoms with Gasteiger partial charge in [-0.25, -0.2) is 4.98 Å². The number of carbonyl (C=O) groups excluding carboxylic acids is 1. The summed E-state index contributed by atoms with van der Waals surface area (Å²) in [5, 5.41) is 1.12. The molecule has 0 aliphatic heterocycles. The first-order valence-electron chi connectivity index (χ1n) is 7.99. The lowest BCUT2D eigenvalue weighted by molar-refractivity contribution is 0.102. The molecule has 4 nitrogen and oxygen atoms in total. The molecule has 2 aromatic heterocycles. The lowest BCUT2D eigenvalue weighted by Crippen LogP contribution is -2.23. The summed E-state index contributed by atoms with van der Waals surface area (Å²) in [4.78, 5) is 31.6. The molecule has 6 heteroatoms. The van der Waals surface area contributed by atoms with Gasteiger partial charge in [0.25, 0.3) is 5.56 Å². The fraction of sp³-hybridized carbons (Fsp3) is 0.211. The number of benzene rings is 1. The fourth-order valence-corrected chi connectivity index (χ4v) is 4.34. The number of ketones is 1. The number of Topliss-reactive ketones (excluding diaryl/α,β-unsaturated/α-hetero) is 1. The van der Waals surface area contributed by atoms with Crippen LogP contribution in [0.1, 0.15) is 21.5 Å². The van der Waals surface area contributed by atoms with E-state index < -0.39 is 0 Å². The number of para-hydroxylation sites is 1. The Morgan fingerprint density at radius 1 is 1.32 bits per heavy atom. The summed E-state index contributed by atoms with van der Waals surface area (Å²) in [7, 11) is 0. The topological polar surface area (TPSA) is 52.0 Å². The van der Waals surface area contributed by atoms with Crippen molar-refractivity contribution in [1.82, 2.24) is 9.55 Å². The number of hydrogen-bond acceptors (Lipinski definition) is 5. The molecule has 1 aromatic carbocycles. The number of aromatic nitrogens is 2. The van der Waals surface area contributed by atoms with Crippen molar-refractivity contribution in [3.8, 4) is 0 Å². The molecule has 0 spiro atoms. The molecule has 2 heterocycles. The van der Waals surface area contributed by atoms with Gasteiger partial charge in [0.1, 0.15) is 0 Å². The highest BCUT2D eigenvalue weighted by molar-refractivity contribution is 7.99. The van der Waals surface area contributed by atoms with Crippen molar-refractivity contribution >= 4 is 39.8 Å². The highest BCUT2D eigenvalue weighted by Gasteiger charge is 2.14. The first-order valence-corrected chi connectivity index (χ1v) is 9.79. The Balaban J connectivity index is 1.89. The Morgan fingerprint density at radius 3 is 2.84 bits per heavy atom. The number of hydrogen-bond donors (Lipinski definition) is 0. The number of fused-ring (bicyclic) bond motifs is 1. The highest BCUT2D eigenvalue weighted by Crippen LogP contribution is 2.22. The monoisotopic (exact) mass is 370 g/mol. The van der Waals surface area contributed by atoms with Crippen LogP contribution in [0.5, 0.6) is 0 Å². The minimum atomic E-state index is -0.107. The normalized spacial score (nSPS) is 10.9. The van der Waals surface area contributed by atoms with Crippen molar-refractivity contribution in [3.63, 3.8) is 0 Å². The zero-order valence-corrected chi connectivity index (χ0v) is 15.5. The Hall–Kier alpha value is -2.18. The summed E-state index contributed by atoms with van der Waals surface area (Å²) < 4.78 is 1.57. The molecule has 25 heavy (non-hydrogen) atoms. The van der Waals surface area contributed by atoms with Crippen molar-refractivity contribution < 1.29 is 4.79 Å². The van der Waals surface area contributed by atoms with Crippen molar-refractivity contribution in [2.75, 3.05) is 5.75 Å². The van der Waals surface area contributed by atoms with Gasteiger partial charge in [-0.05, 0) is 30.7 Å². The van der Waals surface area contributed by atoms with Gasteiger partial charge in [0, 0.05) is 11.4 Å². The molecule has 0 radical (unpaired) electrons. The molecule has 0 fully saturated rings. The number of aryl methyl sites for hydroxylation is 1. The molecular weight excluding hydrogens is 352 g/mol. The molecule has 0 atom stereocenters. The second-order valence-electron chi connectivity index (χ2n) is 5.45.